The van der Waals surface area contributed by atoms with Crippen molar-refractivity contribution in [3.05, 3.63) is 6.42 Å². The first kappa shape index (κ1) is 14.2. The monoisotopic (exact) mass is 274 g/mol. The summed E-state index contributed by atoms with van der Waals surface area (Å²) in [5.74, 6) is 0.299. The van der Waals surface area contributed by atoms with Crippen LogP contribution < -0.4 is 0 Å². The van der Waals surface area contributed by atoms with Gasteiger partial charge in [0.2, 0.25) is 10.0 Å². The first-order valence-corrected chi connectivity index (χ1v) is 8.39. The number of likely N-dealkylation sites (N-methyl/N-ethyl adjacent to an activating group) is 1. The average molecular weight is 274 g/mol. The molecule has 0 amide bonds. The molecule has 2 heterocycles. The van der Waals surface area contributed by atoms with E-state index in [1.165, 1.54) is 0 Å². The molecule has 18 heavy (non-hydrogen) atoms. The van der Waals surface area contributed by atoms with Crippen LogP contribution >= 0.6 is 0 Å². The lowest BCUT2D eigenvalue weighted by Gasteiger charge is -2.32. The zero-order valence-corrected chi connectivity index (χ0v) is 12.0. The fraction of sp³-hybridized carbons (Fsp3) is 0.917. The van der Waals surface area contributed by atoms with E-state index in [4.69, 9.17) is 0 Å². The molecule has 0 bridgehead atoms. The van der Waals surface area contributed by atoms with E-state index in [9.17, 15) is 8.42 Å². The number of sulfonamides is 1. The van der Waals surface area contributed by atoms with Gasteiger partial charge in [-0.05, 0) is 32.9 Å². The highest BCUT2D eigenvalue weighted by Gasteiger charge is 2.25. The molecule has 0 aromatic heterocycles. The quantitative estimate of drug-likeness (QED) is 0.700. The third-order valence-electron chi connectivity index (χ3n) is 3.78. The van der Waals surface area contributed by atoms with E-state index in [0.29, 0.717) is 18.8 Å². The Labute approximate surface area is 111 Å². The first-order valence-electron chi connectivity index (χ1n) is 6.78. The maximum Gasteiger partial charge on any atom is 0.214 e. The smallest absolute Gasteiger partial charge is 0.214 e. The second-order valence-electron chi connectivity index (χ2n) is 5.25. The molecule has 2 rings (SSSR count). The molecule has 0 unspecified atom stereocenters. The molecule has 0 atom stereocenters. The standard InChI is InChI=1S/C12H24N3O2S/c1-13-8-10-14(11-9-13)5-4-12-18(16,17)15-6-2-3-7-15/h2H,3-12H2,1H3. The van der Waals surface area contributed by atoms with Crippen molar-refractivity contribution in [1.29, 1.82) is 0 Å². The second-order valence-corrected chi connectivity index (χ2v) is 7.34. The van der Waals surface area contributed by atoms with Gasteiger partial charge in [-0.3, -0.25) is 0 Å². The van der Waals surface area contributed by atoms with Gasteiger partial charge in [-0.25, -0.2) is 12.7 Å². The molecule has 0 spiro atoms. The van der Waals surface area contributed by atoms with Crippen molar-refractivity contribution >= 4 is 10.0 Å². The molecule has 0 saturated carbocycles. The summed E-state index contributed by atoms with van der Waals surface area (Å²) in [6, 6.07) is 0. The van der Waals surface area contributed by atoms with Gasteiger partial charge in [-0.1, -0.05) is 0 Å². The number of hydrogen-bond donors (Lipinski definition) is 0. The predicted octanol–water partition coefficient (Wildman–Crippen LogP) is -0.136. The van der Waals surface area contributed by atoms with Crippen molar-refractivity contribution in [3.8, 4) is 0 Å². The van der Waals surface area contributed by atoms with Crippen molar-refractivity contribution in [2.75, 3.05) is 58.6 Å². The number of piperazine rings is 1. The molecule has 0 aromatic rings. The topological polar surface area (TPSA) is 43.9 Å². The van der Waals surface area contributed by atoms with Crippen LogP contribution in [0.5, 0.6) is 0 Å². The Balaban J connectivity index is 1.68. The van der Waals surface area contributed by atoms with Gasteiger partial charge in [0.15, 0.2) is 0 Å². The maximum atomic E-state index is 12.0. The van der Waals surface area contributed by atoms with Crippen LogP contribution in [0.1, 0.15) is 12.8 Å². The van der Waals surface area contributed by atoms with Gasteiger partial charge < -0.3 is 9.80 Å². The van der Waals surface area contributed by atoms with Gasteiger partial charge >= 0.3 is 0 Å². The summed E-state index contributed by atoms with van der Waals surface area (Å²) in [6.45, 7) is 6.50. The summed E-state index contributed by atoms with van der Waals surface area (Å²) in [5.41, 5.74) is 0. The Bertz CT molecular complexity index is 344. The van der Waals surface area contributed by atoms with Crippen molar-refractivity contribution < 1.29 is 8.42 Å². The minimum atomic E-state index is -3.01. The molecule has 0 N–H and O–H groups in total. The van der Waals surface area contributed by atoms with Gasteiger partial charge in [-0.15, -0.1) is 0 Å². The second kappa shape index (κ2) is 6.32. The number of nitrogens with zero attached hydrogens (tertiary/aromatic N) is 3. The summed E-state index contributed by atoms with van der Waals surface area (Å²) < 4.78 is 25.6. The zero-order valence-electron chi connectivity index (χ0n) is 11.2. The summed E-state index contributed by atoms with van der Waals surface area (Å²) in [5, 5.41) is 0. The van der Waals surface area contributed by atoms with Crippen LogP contribution in [-0.2, 0) is 10.0 Å². The molecule has 105 valence electrons. The van der Waals surface area contributed by atoms with Crippen molar-refractivity contribution in [3.63, 3.8) is 0 Å². The Morgan fingerprint density at radius 3 is 2.44 bits per heavy atom. The number of hydrogen-bond acceptors (Lipinski definition) is 4. The highest BCUT2D eigenvalue weighted by molar-refractivity contribution is 7.89. The molecule has 0 aliphatic carbocycles. The first-order chi connectivity index (χ1) is 8.58. The van der Waals surface area contributed by atoms with E-state index in [1.54, 1.807) is 4.31 Å². The molecule has 1 radical (unpaired) electrons. The molecular weight excluding hydrogens is 250 g/mol. The third kappa shape index (κ3) is 3.91. The van der Waals surface area contributed by atoms with Gasteiger partial charge in [0.25, 0.3) is 0 Å². The van der Waals surface area contributed by atoms with Crippen molar-refractivity contribution in [2.24, 2.45) is 0 Å². The van der Waals surface area contributed by atoms with Gasteiger partial charge in [0.05, 0.1) is 5.75 Å². The molecule has 2 aliphatic heterocycles. The maximum absolute atomic E-state index is 12.0. The largest absolute Gasteiger partial charge is 0.304 e. The van der Waals surface area contributed by atoms with E-state index < -0.39 is 10.0 Å². The van der Waals surface area contributed by atoms with E-state index in [-0.39, 0.29) is 0 Å². The summed E-state index contributed by atoms with van der Waals surface area (Å²) in [6.07, 6.45) is 3.69. The van der Waals surface area contributed by atoms with Crippen LogP contribution in [0.4, 0.5) is 0 Å². The summed E-state index contributed by atoms with van der Waals surface area (Å²) in [4.78, 5) is 4.68. The molecular formula is C12H24N3O2S. The Morgan fingerprint density at radius 1 is 1.11 bits per heavy atom. The third-order valence-corrected chi connectivity index (χ3v) is 5.70. The van der Waals surface area contributed by atoms with Crippen LogP contribution in [0.25, 0.3) is 0 Å². The van der Waals surface area contributed by atoms with E-state index in [0.717, 1.165) is 45.6 Å². The molecule has 2 aliphatic rings. The Kier molecular flexibility index (Phi) is 5.00. The number of rotatable bonds is 5. The Hall–Kier alpha value is -0.170. The van der Waals surface area contributed by atoms with Crippen molar-refractivity contribution in [1.82, 2.24) is 14.1 Å². The van der Waals surface area contributed by atoms with E-state index in [1.807, 2.05) is 6.42 Å². The highest BCUT2D eigenvalue weighted by Crippen LogP contribution is 2.13. The van der Waals surface area contributed by atoms with Crippen LogP contribution in [0, 0.1) is 6.42 Å². The molecule has 2 fully saturated rings. The Morgan fingerprint density at radius 2 is 1.83 bits per heavy atom. The minimum absolute atomic E-state index is 0.299. The molecule has 0 aromatic carbocycles. The lowest BCUT2D eigenvalue weighted by molar-refractivity contribution is 0.154. The lowest BCUT2D eigenvalue weighted by Crippen LogP contribution is -2.45. The lowest BCUT2D eigenvalue weighted by atomic mass is 10.3. The summed E-state index contributed by atoms with van der Waals surface area (Å²) >= 11 is 0. The fourth-order valence-corrected chi connectivity index (χ4v) is 3.95. The van der Waals surface area contributed by atoms with Gasteiger partial charge in [-0.2, -0.15) is 0 Å². The summed E-state index contributed by atoms with van der Waals surface area (Å²) in [7, 11) is -0.876. The van der Waals surface area contributed by atoms with Crippen LogP contribution in [0.2, 0.25) is 0 Å². The van der Waals surface area contributed by atoms with E-state index in [2.05, 4.69) is 16.8 Å². The normalized spacial score (nSPS) is 24.7. The van der Waals surface area contributed by atoms with Crippen LogP contribution in [0.3, 0.4) is 0 Å². The van der Waals surface area contributed by atoms with E-state index >= 15 is 0 Å². The van der Waals surface area contributed by atoms with Gasteiger partial charge in [0.1, 0.15) is 0 Å². The minimum Gasteiger partial charge on any atom is -0.304 e. The SMILES string of the molecule is CN1CCN(CCCS(=O)(=O)N2C[CH]CC2)CC1. The predicted molar refractivity (Wildman–Crippen MR) is 72.8 cm³/mol. The van der Waals surface area contributed by atoms with Crippen molar-refractivity contribution in [2.45, 2.75) is 12.8 Å². The molecule has 5 nitrogen and oxygen atoms in total. The van der Waals surface area contributed by atoms with Gasteiger partial charge in [0, 0.05) is 39.3 Å². The van der Waals surface area contributed by atoms with Crippen LogP contribution in [0.15, 0.2) is 0 Å². The average Bonchev–Trinajstić information content (AvgIpc) is 2.86. The highest BCUT2D eigenvalue weighted by atomic mass is 32.2. The van der Waals surface area contributed by atoms with Crippen LogP contribution in [-0.4, -0.2) is 81.1 Å². The zero-order chi connectivity index (χ0) is 13.0. The molecule has 6 heteroatoms. The molecule has 2 saturated heterocycles. The fourth-order valence-electron chi connectivity index (χ4n) is 2.49.